The van der Waals surface area contributed by atoms with E-state index in [4.69, 9.17) is 14.2 Å². The van der Waals surface area contributed by atoms with Crippen LogP contribution in [0.2, 0.25) is 0 Å². The van der Waals surface area contributed by atoms with Crippen molar-refractivity contribution in [2.24, 2.45) is 23.7 Å². The number of carbonyl (C=O) groups is 1. The minimum Gasteiger partial charge on any atom is -0.490 e. The Morgan fingerprint density at radius 1 is 1.09 bits per heavy atom. The molecule has 4 atom stereocenters. The van der Waals surface area contributed by atoms with Crippen molar-refractivity contribution in [2.75, 3.05) is 13.2 Å². The SMILES string of the molecule is Cc1cc(OC2CC(C(C)(O)CO)C2)cc(C)c1-c1cc(COc2cc3c(cn2)[C@H]2[C@@H](C3)[C@@H]2C(=O)OCC(C)C)c(F)cc1F. The third-order valence-corrected chi connectivity index (χ3v) is 9.70. The molecule has 3 aliphatic rings. The zero-order chi connectivity index (χ0) is 32.2. The number of carbonyl (C=O) groups excluding carboxylic acids is 1. The van der Waals surface area contributed by atoms with Crippen LogP contribution in [0.3, 0.4) is 0 Å². The van der Waals surface area contributed by atoms with Gasteiger partial charge in [-0.3, -0.25) is 4.79 Å². The highest BCUT2D eigenvalue weighted by Gasteiger charge is 2.60. The molecule has 240 valence electrons. The van der Waals surface area contributed by atoms with Gasteiger partial charge in [0.15, 0.2) is 0 Å². The Balaban J connectivity index is 1.12. The van der Waals surface area contributed by atoms with Gasteiger partial charge in [-0.1, -0.05) is 13.8 Å². The molecule has 7 nitrogen and oxygen atoms in total. The molecule has 2 N–H and O–H groups in total. The van der Waals surface area contributed by atoms with Crippen molar-refractivity contribution in [1.29, 1.82) is 0 Å². The van der Waals surface area contributed by atoms with Gasteiger partial charge < -0.3 is 24.4 Å². The van der Waals surface area contributed by atoms with Crippen molar-refractivity contribution in [2.45, 2.75) is 78.1 Å². The number of hydrogen-bond donors (Lipinski definition) is 2. The van der Waals surface area contributed by atoms with Crippen LogP contribution in [-0.4, -0.2) is 46.1 Å². The standard InChI is InChI=1S/C36H41F2NO6/c1-18(2)15-44-35(41)34-27-8-21-10-31(39-14-28(21)33(27)34)43-16-22-9-26(30(38)13-29(22)37)32-19(3)6-24(7-20(32)4)45-25-11-23(12-25)36(5,42)17-40/h6-7,9-10,13-14,18,23,25,27,33-34,40,42H,8,11-12,15-17H2,1-5H3/t23?,25?,27-,33-,34+,36?/m1/s1. The quantitative estimate of drug-likeness (QED) is 0.246. The average Bonchev–Trinajstić information content (AvgIpc) is 3.54. The van der Waals surface area contributed by atoms with Gasteiger partial charge >= 0.3 is 5.97 Å². The number of nitrogens with zero attached hydrogens (tertiary/aromatic N) is 1. The lowest BCUT2D eigenvalue weighted by Crippen LogP contribution is -2.49. The molecule has 0 spiro atoms. The summed E-state index contributed by atoms with van der Waals surface area (Å²) in [5, 5.41) is 19.6. The number of fused-ring (bicyclic) bond motifs is 3. The van der Waals surface area contributed by atoms with Gasteiger partial charge in [0.1, 0.15) is 24.0 Å². The molecule has 2 aromatic carbocycles. The molecule has 3 aliphatic carbocycles. The number of pyridine rings is 1. The fourth-order valence-electron chi connectivity index (χ4n) is 6.97. The Hall–Kier alpha value is -3.56. The van der Waals surface area contributed by atoms with E-state index in [0.717, 1.165) is 34.7 Å². The highest BCUT2D eigenvalue weighted by molar-refractivity contribution is 5.79. The number of aromatic nitrogens is 1. The zero-order valence-corrected chi connectivity index (χ0v) is 26.4. The van der Waals surface area contributed by atoms with Crippen LogP contribution in [-0.2, 0) is 22.6 Å². The molecule has 0 saturated heterocycles. The van der Waals surface area contributed by atoms with Gasteiger partial charge in [-0.05, 0) is 104 Å². The Kier molecular flexibility index (Phi) is 8.37. The first kappa shape index (κ1) is 31.4. The van der Waals surface area contributed by atoms with Gasteiger partial charge in [0.25, 0.3) is 0 Å². The lowest BCUT2D eigenvalue weighted by Gasteiger charge is -2.43. The first-order valence-electron chi connectivity index (χ1n) is 15.7. The number of aryl methyl sites for hydroxylation is 2. The Labute approximate surface area is 262 Å². The monoisotopic (exact) mass is 621 g/mol. The molecular formula is C36H41F2NO6. The van der Waals surface area contributed by atoms with Gasteiger partial charge in [0.2, 0.25) is 5.88 Å². The number of hydrogen-bond acceptors (Lipinski definition) is 7. The topological polar surface area (TPSA) is 98.1 Å². The van der Waals surface area contributed by atoms with Crippen LogP contribution < -0.4 is 9.47 Å². The largest absolute Gasteiger partial charge is 0.490 e. The summed E-state index contributed by atoms with van der Waals surface area (Å²) in [6.45, 7) is 9.38. The minimum absolute atomic E-state index is 0.0296. The molecule has 0 radical (unpaired) electrons. The summed E-state index contributed by atoms with van der Waals surface area (Å²) in [7, 11) is 0. The van der Waals surface area contributed by atoms with Crippen molar-refractivity contribution < 1.29 is 38.0 Å². The summed E-state index contributed by atoms with van der Waals surface area (Å²) in [6.07, 6.45) is 3.69. The van der Waals surface area contributed by atoms with Crippen LogP contribution in [0.5, 0.6) is 11.6 Å². The second kappa shape index (κ2) is 12.0. The predicted octanol–water partition coefficient (Wildman–Crippen LogP) is 6.21. The van der Waals surface area contributed by atoms with Gasteiger partial charge in [-0.15, -0.1) is 0 Å². The maximum absolute atomic E-state index is 15.2. The summed E-state index contributed by atoms with van der Waals surface area (Å²) in [5.74, 6) is 0.0122. The lowest BCUT2D eigenvalue weighted by atomic mass is 9.72. The first-order chi connectivity index (χ1) is 21.4. The number of halogens is 2. The number of aliphatic hydroxyl groups is 2. The molecule has 45 heavy (non-hydrogen) atoms. The number of aliphatic hydroxyl groups excluding tert-OH is 1. The second-order valence-corrected chi connectivity index (χ2v) is 13.7. The lowest BCUT2D eigenvalue weighted by molar-refractivity contribution is -0.146. The Morgan fingerprint density at radius 3 is 2.47 bits per heavy atom. The molecule has 0 bridgehead atoms. The van der Waals surface area contributed by atoms with Crippen molar-refractivity contribution >= 4 is 5.97 Å². The molecule has 2 fully saturated rings. The fraction of sp³-hybridized carbons (Fsp3) is 0.500. The van der Waals surface area contributed by atoms with Crippen molar-refractivity contribution in [3.05, 3.63) is 76.0 Å². The molecule has 3 aromatic rings. The van der Waals surface area contributed by atoms with Crippen LogP contribution in [0.1, 0.15) is 67.3 Å². The van der Waals surface area contributed by atoms with Gasteiger partial charge in [-0.25, -0.2) is 13.8 Å². The number of rotatable bonds is 11. The first-order valence-corrected chi connectivity index (χ1v) is 15.7. The van der Waals surface area contributed by atoms with E-state index < -0.39 is 17.2 Å². The maximum atomic E-state index is 15.2. The van der Waals surface area contributed by atoms with E-state index in [1.165, 1.54) is 6.07 Å². The number of benzene rings is 2. The normalized spacial score (nSPS) is 24.4. The smallest absolute Gasteiger partial charge is 0.309 e. The van der Waals surface area contributed by atoms with Crippen LogP contribution in [0.25, 0.3) is 11.1 Å². The molecule has 9 heteroatoms. The highest BCUT2D eigenvalue weighted by atomic mass is 19.1. The summed E-state index contributed by atoms with van der Waals surface area (Å²) in [5.41, 5.74) is 3.71. The molecule has 0 amide bonds. The van der Waals surface area contributed by atoms with E-state index in [-0.39, 0.29) is 60.1 Å². The van der Waals surface area contributed by atoms with Crippen molar-refractivity contribution in [1.82, 2.24) is 4.98 Å². The number of ether oxygens (including phenoxy) is 3. The van der Waals surface area contributed by atoms with E-state index in [1.807, 2.05) is 45.9 Å². The Bertz CT molecular complexity index is 1590. The molecule has 1 heterocycles. The Morgan fingerprint density at radius 2 is 1.80 bits per heavy atom. The van der Waals surface area contributed by atoms with Gasteiger partial charge in [0, 0.05) is 35.4 Å². The third kappa shape index (κ3) is 6.17. The molecule has 1 unspecified atom stereocenters. The minimum atomic E-state index is -1.12. The highest BCUT2D eigenvalue weighted by Crippen LogP contribution is 2.62. The molecule has 0 aliphatic heterocycles. The predicted molar refractivity (Wildman–Crippen MR) is 164 cm³/mol. The zero-order valence-electron chi connectivity index (χ0n) is 26.4. The molecular weight excluding hydrogens is 580 g/mol. The van der Waals surface area contributed by atoms with E-state index in [1.54, 1.807) is 13.1 Å². The van der Waals surface area contributed by atoms with Crippen LogP contribution in [0.15, 0.2) is 36.5 Å². The fourth-order valence-corrected chi connectivity index (χ4v) is 6.97. The van der Waals surface area contributed by atoms with Crippen molar-refractivity contribution in [3.8, 4) is 22.8 Å². The molecule has 2 saturated carbocycles. The second-order valence-electron chi connectivity index (χ2n) is 13.7. The van der Waals surface area contributed by atoms with E-state index in [2.05, 4.69) is 4.98 Å². The van der Waals surface area contributed by atoms with Crippen molar-refractivity contribution in [3.63, 3.8) is 0 Å². The van der Waals surface area contributed by atoms with Crippen LogP contribution >= 0.6 is 0 Å². The summed E-state index contributed by atoms with van der Waals surface area (Å²) in [6, 6.07) is 7.91. The van der Waals surface area contributed by atoms with E-state index >= 15 is 4.39 Å². The molecule has 6 rings (SSSR count). The van der Waals surface area contributed by atoms with Crippen LogP contribution in [0, 0.1) is 49.2 Å². The van der Waals surface area contributed by atoms with Crippen LogP contribution in [0.4, 0.5) is 8.78 Å². The molecule has 1 aromatic heterocycles. The maximum Gasteiger partial charge on any atom is 0.309 e. The summed E-state index contributed by atoms with van der Waals surface area (Å²) >= 11 is 0. The summed E-state index contributed by atoms with van der Waals surface area (Å²) < 4.78 is 47.5. The third-order valence-electron chi connectivity index (χ3n) is 9.70. The van der Waals surface area contributed by atoms with E-state index in [9.17, 15) is 19.4 Å². The van der Waals surface area contributed by atoms with E-state index in [0.29, 0.717) is 42.6 Å². The average molecular weight is 622 g/mol. The van der Waals surface area contributed by atoms with Gasteiger partial charge in [0.05, 0.1) is 30.8 Å². The summed E-state index contributed by atoms with van der Waals surface area (Å²) in [4.78, 5) is 16.9. The number of esters is 1. The van der Waals surface area contributed by atoms with Gasteiger partial charge in [-0.2, -0.15) is 0 Å².